The van der Waals surface area contributed by atoms with E-state index >= 15 is 0 Å². The minimum atomic E-state index is -0.190. The van der Waals surface area contributed by atoms with Gasteiger partial charge in [-0.2, -0.15) is 0 Å². The number of ether oxygens (including phenoxy) is 1. The molecule has 0 aromatic carbocycles. The standard InChI is InChI=1S/C15H23N3O3/c1-10-6-18(7-11(2)21-10)9-14(19)12-5-13(15(20)16-3)17(4)8-12/h5,8,10-11H,6-7,9H2,1-4H3,(H,16,20). The second-order valence-corrected chi connectivity index (χ2v) is 5.68. The quantitative estimate of drug-likeness (QED) is 0.829. The van der Waals surface area contributed by atoms with Gasteiger partial charge in [0.1, 0.15) is 5.69 Å². The SMILES string of the molecule is CNC(=O)c1cc(C(=O)CN2CC(C)OC(C)C2)cn1C. The maximum atomic E-state index is 12.4. The van der Waals surface area contributed by atoms with Crippen molar-refractivity contribution < 1.29 is 14.3 Å². The van der Waals surface area contributed by atoms with Gasteiger partial charge in [-0.1, -0.05) is 0 Å². The molecule has 6 nitrogen and oxygen atoms in total. The summed E-state index contributed by atoms with van der Waals surface area (Å²) in [6.45, 7) is 5.89. The maximum Gasteiger partial charge on any atom is 0.267 e. The van der Waals surface area contributed by atoms with Gasteiger partial charge >= 0.3 is 0 Å². The van der Waals surface area contributed by atoms with Crippen LogP contribution in [0.5, 0.6) is 0 Å². The molecule has 1 aromatic rings. The number of morpholine rings is 1. The molecule has 2 atom stereocenters. The fourth-order valence-electron chi connectivity index (χ4n) is 2.78. The van der Waals surface area contributed by atoms with Crippen LogP contribution in [0.15, 0.2) is 12.3 Å². The van der Waals surface area contributed by atoms with Crippen molar-refractivity contribution in [1.82, 2.24) is 14.8 Å². The Kier molecular flexibility index (Phi) is 4.80. The molecule has 1 saturated heterocycles. The second kappa shape index (κ2) is 6.41. The third-order valence-electron chi connectivity index (χ3n) is 3.65. The summed E-state index contributed by atoms with van der Waals surface area (Å²) in [5.74, 6) is -0.160. The zero-order chi connectivity index (χ0) is 15.6. The first-order valence-electron chi connectivity index (χ1n) is 7.20. The number of nitrogens with zero attached hydrogens (tertiary/aromatic N) is 2. The van der Waals surface area contributed by atoms with E-state index in [1.807, 2.05) is 13.8 Å². The molecule has 2 rings (SSSR count). The number of aromatic nitrogens is 1. The van der Waals surface area contributed by atoms with Gasteiger partial charge in [0.05, 0.1) is 18.8 Å². The highest BCUT2D eigenvalue weighted by Gasteiger charge is 2.24. The van der Waals surface area contributed by atoms with Crippen molar-refractivity contribution in [2.45, 2.75) is 26.1 Å². The number of rotatable bonds is 4. The second-order valence-electron chi connectivity index (χ2n) is 5.68. The van der Waals surface area contributed by atoms with Gasteiger partial charge in [-0.3, -0.25) is 14.5 Å². The van der Waals surface area contributed by atoms with Gasteiger partial charge in [-0.25, -0.2) is 0 Å². The van der Waals surface area contributed by atoms with E-state index in [0.29, 0.717) is 17.8 Å². The Morgan fingerprint density at radius 1 is 1.33 bits per heavy atom. The van der Waals surface area contributed by atoms with Crippen LogP contribution in [0.1, 0.15) is 34.7 Å². The summed E-state index contributed by atoms with van der Waals surface area (Å²) < 4.78 is 7.34. The molecule has 1 amide bonds. The Hall–Kier alpha value is -1.66. The fourth-order valence-corrected chi connectivity index (χ4v) is 2.78. The first-order chi connectivity index (χ1) is 9.90. The molecular formula is C15H23N3O3. The summed E-state index contributed by atoms with van der Waals surface area (Å²) in [4.78, 5) is 26.2. The molecule has 0 radical (unpaired) electrons. The Bertz CT molecular complexity index is 528. The van der Waals surface area contributed by atoms with E-state index in [4.69, 9.17) is 4.74 Å². The summed E-state index contributed by atoms with van der Waals surface area (Å²) in [5.41, 5.74) is 1.06. The Balaban J connectivity index is 2.05. The molecule has 21 heavy (non-hydrogen) atoms. The number of ketones is 1. The number of carbonyl (C=O) groups excluding carboxylic acids is 2. The normalized spacial score (nSPS) is 23.0. The summed E-state index contributed by atoms with van der Waals surface area (Å²) in [6.07, 6.45) is 1.98. The maximum absolute atomic E-state index is 12.4. The van der Waals surface area contributed by atoms with Crippen molar-refractivity contribution in [2.75, 3.05) is 26.7 Å². The van der Waals surface area contributed by atoms with E-state index in [1.165, 1.54) is 0 Å². The van der Waals surface area contributed by atoms with Crippen molar-refractivity contribution >= 4 is 11.7 Å². The molecule has 2 heterocycles. The minimum absolute atomic E-state index is 0.0297. The van der Waals surface area contributed by atoms with Crippen molar-refractivity contribution in [2.24, 2.45) is 7.05 Å². The minimum Gasteiger partial charge on any atom is -0.373 e. The van der Waals surface area contributed by atoms with E-state index in [-0.39, 0.29) is 23.9 Å². The number of amides is 1. The number of hydrogen-bond donors (Lipinski definition) is 1. The summed E-state index contributed by atoms with van der Waals surface area (Å²) in [7, 11) is 3.34. The first kappa shape index (κ1) is 15.7. The van der Waals surface area contributed by atoms with Crippen molar-refractivity contribution in [1.29, 1.82) is 0 Å². The molecule has 1 aliphatic rings. The third-order valence-corrected chi connectivity index (χ3v) is 3.65. The molecule has 0 aliphatic carbocycles. The molecule has 116 valence electrons. The monoisotopic (exact) mass is 293 g/mol. The highest BCUT2D eigenvalue weighted by molar-refractivity contribution is 6.01. The van der Waals surface area contributed by atoms with Crippen LogP contribution in [-0.4, -0.2) is 60.0 Å². The van der Waals surface area contributed by atoms with Crippen LogP contribution in [0.4, 0.5) is 0 Å². The lowest BCUT2D eigenvalue weighted by Gasteiger charge is -2.34. The lowest BCUT2D eigenvalue weighted by Crippen LogP contribution is -2.47. The predicted molar refractivity (Wildman–Crippen MR) is 79.6 cm³/mol. The average Bonchev–Trinajstić information content (AvgIpc) is 2.79. The van der Waals surface area contributed by atoms with E-state index in [2.05, 4.69) is 10.2 Å². The van der Waals surface area contributed by atoms with Crippen LogP contribution in [-0.2, 0) is 11.8 Å². The Labute approximate surface area is 125 Å². The lowest BCUT2D eigenvalue weighted by atomic mass is 10.1. The van der Waals surface area contributed by atoms with Gasteiger partial charge in [-0.15, -0.1) is 0 Å². The summed E-state index contributed by atoms with van der Waals surface area (Å²) >= 11 is 0. The number of Topliss-reactive ketones (excluding diaryl/α,β-unsaturated/α-hetero) is 1. The smallest absolute Gasteiger partial charge is 0.267 e. The lowest BCUT2D eigenvalue weighted by molar-refractivity contribution is -0.0652. The number of hydrogen-bond acceptors (Lipinski definition) is 4. The molecule has 6 heteroatoms. The van der Waals surface area contributed by atoms with Gasteiger partial charge in [0.25, 0.3) is 5.91 Å². The van der Waals surface area contributed by atoms with E-state index < -0.39 is 0 Å². The van der Waals surface area contributed by atoms with Gasteiger partial charge in [0, 0.05) is 38.9 Å². The molecule has 0 saturated carbocycles. The van der Waals surface area contributed by atoms with Crippen LogP contribution >= 0.6 is 0 Å². The molecule has 1 fully saturated rings. The van der Waals surface area contributed by atoms with Crippen molar-refractivity contribution in [3.8, 4) is 0 Å². The predicted octanol–water partition coefficient (Wildman–Crippen LogP) is 0.677. The van der Waals surface area contributed by atoms with Crippen molar-refractivity contribution in [3.63, 3.8) is 0 Å². The molecule has 1 N–H and O–H groups in total. The Morgan fingerprint density at radius 2 is 1.95 bits per heavy atom. The topological polar surface area (TPSA) is 63.6 Å². The Morgan fingerprint density at radius 3 is 2.52 bits per heavy atom. The fraction of sp³-hybridized carbons (Fsp3) is 0.600. The largest absolute Gasteiger partial charge is 0.373 e. The molecule has 2 unspecified atom stereocenters. The van der Waals surface area contributed by atoms with Gasteiger partial charge in [-0.05, 0) is 19.9 Å². The van der Waals surface area contributed by atoms with Crippen molar-refractivity contribution in [3.05, 3.63) is 23.5 Å². The van der Waals surface area contributed by atoms with E-state index in [1.54, 1.807) is 30.9 Å². The van der Waals surface area contributed by atoms with Gasteiger partial charge < -0.3 is 14.6 Å². The number of nitrogens with one attached hydrogen (secondary N) is 1. The molecule has 1 aromatic heterocycles. The first-order valence-corrected chi connectivity index (χ1v) is 7.20. The molecule has 1 aliphatic heterocycles. The number of carbonyl (C=O) groups is 2. The van der Waals surface area contributed by atoms with Crippen LogP contribution in [0.25, 0.3) is 0 Å². The highest BCUT2D eigenvalue weighted by Crippen LogP contribution is 2.13. The zero-order valence-corrected chi connectivity index (χ0v) is 13.0. The van der Waals surface area contributed by atoms with Crippen LogP contribution < -0.4 is 5.32 Å². The van der Waals surface area contributed by atoms with E-state index in [0.717, 1.165) is 13.1 Å². The van der Waals surface area contributed by atoms with Crippen LogP contribution in [0, 0.1) is 0 Å². The summed E-state index contributed by atoms with van der Waals surface area (Å²) in [5, 5.41) is 2.57. The van der Waals surface area contributed by atoms with Gasteiger partial charge in [0.15, 0.2) is 5.78 Å². The van der Waals surface area contributed by atoms with E-state index in [9.17, 15) is 9.59 Å². The van der Waals surface area contributed by atoms with Crippen LogP contribution in [0.2, 0.25) is 0 Å². The summed E-state index contributed by atoms with van der Waals surface area (Å²) in [6, 6.07) is 1.65. The molecular weight excluding hydrogens is 270 g/mol. The zero-order valence-electron chi connectivity index (χ0n) is 13.0. The molecule has 0 bridgehead atoms. The van der Waals surface area contributed by atoms with Crippen LogP contribution in [0.3, 0.4) is 0 Å². The average molecular weight is 293 g/mol. The molecule has 0 spiro atoms. The van der Waals surface area contributed by atoms with Gasteiger partial charge in [0.2, 0.25) is 0 Å². The third kappa shape index (κ3) is 3.71. The number of aryl methyl sites for hydroxylation is 1. The highest BCUT2D eigenvalue weighted by atomic mass is 16.5.